The van der Waals surface area contributed by atoms with Crippen LogP contribution in [0.15, 0.2) is 42.5 Å². The average Bonchev–Trinajstić information content (AvgIpc) is 2.51. The molecule has 0 radical (unpaired) electrons. The maximum atomic E-state index is 12.4. The number of amides is 1. The zero-order chi connectivity index (χ0) is 15.9. The van der Waals surface area contributed by atoms with E-state index in [1.807, 2.05) is 37.3 Å². The van der Waals surface area contributed by atoms with Crippen LogP contribution in [0.4, 0.5) is 5.69 Å². The van der Waals surface area contributed by atoms with Crippen LogP contribution in [0.2, 0.25) is 5.02 Å². The molecule has 2 aromatic rings. The summed E-state index contributed by atoms with van der Waals surface area (Å²) in [5.74, 6) is 0.402. The third-order valence-corrected chi connectivity index (χ3v) is 3.72. The van der Waals surface area contributed by atoms with Crippen molar-refractivity contribution < 1.29 is 9.53 Å². The third kappa shape index (κ3) is 4.25. The highest BCUT2D eigenvalue weighted by atomic mass is 35.5. The minimum absolute atomic E-state index is 0.202. The number of carbonyl (C=O) groups excluding carboxylic acids is 1. The quantitative estimate of drug-likeness (QED) is 0.754. The van der Waals surface area contributed by atoms with Gasteiger partial charge in [0.2, 0.25) is 0 Å². The van der Waals surface area contributed by atoms with Gasteiger partial charge in [0.25, 0.3) is 5.91 Å². The van der Waals surface area contributed by atoms with Crippen LogP contribution in [0.3, 0.4) is 0 Å². The summed E-state index contributed by atoms with van der Waals surface area (Å²) in [7, 11) is 0. The van der Waals surface area contributed by atoms with Gasteiger partial charge in [0.1, 0.15) is 5.75 Å². The molecule has 0 aliphatic heterocycles. The fraction of sp³-hybridized carbons (Fsp3) is 0.278. The van der Waals surface area contributed by atoms with Gasteiger partial charge in [-0.1, -0.05) is 43.1 Å². The van der Waals surface area contributed by atoms with Crippen LogP contribution in [-0.4, -0.2) is 12.5 Å². The molecule has 0 spiro atoms. The SMILES string of the molecule is CCCCOc1ccccc1C(=O)Nc1ccc(C)c(Cl)c1. The van der Waals surface area contributed by atoms with E-state index < -0.39 is 0 Å². The number of hydrogen-bond acceptors (Lipinski definition) is 2. The minimum Gasteiger partial charge on any atom is -0.493 e. The van der Waals surface area contributed by atoms with Crippen LogP contribution < -0.4 is 10.1 Å². The molecule has 116 valence electrons. The van der Waals surface area contributed by atoms with Crippen LogP contribution in [-0.2, 0) is 0 Å². The molecule has 0 fully saturated rings. The van der Waals surface area contributed by atoms with Crippen LogP contribution in [0, 0.1) is 6.92 Å². The van der Waals surface area contributed by atoms with Gasteiger partial charge in [0.15, 0.2) is 0 Å². The van der Waals surface area contributed by atoms with Crippen molar-refractivity contribution in [3.05, 3.63) is 58.6 Å². The Morgan fingerprint density at radius 2 is 2.00 bits per heavy atom. The van der Waals surface area contributed by atoms with E-state index in [-0.39, 0.29) is 5.91 Å². The Balaban J connectivity index is 2.13. The standard InChI is InChI=1S/C18H20ClNO2/c1-3-4-11-22-17-8-6-5-7-15(17)18(21)20-14-10-9-13(2)16(19)12-14/h5-10,12H,3-4,11H2,1-2H3,(H,20,21). The molecule has 22 heavy (non-hydrogen) atoms. The first-order valence-electron chi connectivity index (χ1n) is 7.41. The summed E-state index contributed by atoms with van der Waals surface area (Å²) in [5.41, 5.74) is 2.17. The van der Waals surface area contributed by atoms with Gasteiger partial charge in [-0.2, -0.15) is 0 Å². The van der Waals surface area contributed by atoms with E-state index >= 15 is 0 Å². The second-order valence-electron chi connectivity index (χ2n) is 5.12. The molecule has 1 N–H and O–H groups in total. The third-order valence-electron chi connectivity index (χ3n) is 3.32. The van der Waals surface area contributed by atoms with Crippen LogP contribution in [0.25, 0.3) is 0 Å². The van der Waals surface area contributed by atoms with Crippen LogP contribution in [0.1, 0.15) is 35.7 Å². The predicted molar refractivity (Wildman–Crippen MR) is 91.0 cm³/mol. The largest absolute Gasteiger partial charge is 0.493 e. The molecule has 0 bridgehead atoms. The van der Waals surface area contributed by atoms with Gasteiger partial charge >= 0.3 is 0 Å². The van der Waals surface area contributed by atoms with E-state index in [1.165, 1.54) is 0 Å². The van der Waals surface area contributed by atoms with Gasteiger partial charge in [-0.25, -0.2) is 0 Å². The van der Waals surface area contributed by atoms with E-state index in [2.05, 4.69) is 12.2 Å². The van der Waals surface area contributed by atoms with Crippen molar-refractivity contribution >= 4 is 23.2 Å². The molecule has 0 unspecified atom stereocenters. The number of halogens is 1. The Labute approximate surface area is 136 Å². The second-order valence-corrected chi connectivity index (χ2v) is 5.52. The molecule has 2 aromatic carbocycles. The van der Waals surface area contributed by atoms with Gasteiger partial charge in [-0.3, -0.25) is 4.79 Å². The predicted octanol–water partition coefficient (Wildman–Crippen LogP) is 5.08. The second kappa shape index (κ2) is 7.85. The maximum absolute atomic E-state index is 12.4. The maximum Gasteiger partial charge on any atom is 0.259 e. The molecule has 0 aliphatic carbocycles. The number of rotatable bonds is 6. The van der Waals surface area contributed by atoms with Crippen molar-refractivity contribution in [2.45, 2.75) is 26.7 Å². The first kappa shape index (κ1) is 16.4. The summed E-state index contributed by atoms with van der Waals surface area (Å²) >= 11 is 6.08. The zero-order valence-corrected chi connectivity index (χ0v) is 13.6. The highest BCUT2D eigenvalue weighted by Crippen LogP contribution is 2.23. The molecule has 1 amide bonds. The Kier molecular flexibility index (Phi) is 5.84. The van der Waals surface area contributed by atoms with E-state index in [0.29, 0.717) is 28.6 Å². The van der Waals surface area contributed by atoms with E-state index in [1.54, 1.807) is 12.1 Å². The minimum atomic E-state index is -0.202. The lowest BCUT2D eigenvalue weighted by Crippen LogP contribution is -2.14. The highest BCUT2D eigenvalue weighted by Gasteiger charge is 2.12. The number of benzene rings is 2. The molecule has 0 atom stereocenters. The van der Waals surface area contributed by atoms with Crippen LogP contribution in [0.5, 0.6) is 5.75 Å². The van der Waals surface area contributed by atoms with Crippen molar-refractivity contribution in [1.82, 2.24) is 0 Å². The summed E-state index contributed by atoms with van der Waals surface area (Å²) in [6.07, 6.45) is 2.01. The number of para-hydroxylation sites is 1. The number of aryl methyl sites for hydroxylation is 1. The molecule has 0 aliphatic rings. The number of anilines is 1. The van der Waals surface area contributed by atoms with Crippen molar-refractivity contribution in [2.75, 3.05) is 11.9 Å². The smallest absolute Gasteiger partial charge is 0.259 e. The summed E-state index contributed by atoms with van der Waals surface area (Å²) in [4.78, 5) is 12.4. The van der Waals surface area contributed by atoms with Gasteiger partial charge < -0.3 is 10.1 Å². The Morgan fingerprint density at radius 1 is 1.23 bits per heavy atom. The first-order chi connectivity index (χ1) is 10.6. The molecule has 0 saturated heterocycles. The first-order valence-corrected chi connectivity index (χ1v) is 7.79. The Morgan fingerprint density at radius 3 is 2.73 bits per heavy atom. The van der Waals surface area contributed by atoms with Gasteiger partial charge in [-0.15, -0.1) is 0 Å². The molecule has 3 nitrogen and oxygen atoms in total. The summed E-state index contributed by atoms with van der Waals surface area (Å²) in [5, 5.41) is 3.48. The molecule has 2 rings (SSSR count). The molecular formula is C18H20ClNO2. The number of unbranched alkanes of at least 4 members (excludes halogenated alkanes) is 1. The van der Waals surface area contributed by atoms with E-state index in [4.69, 9.17) is 16.3 Å². The monoisotopic (exact) mass is 317 g/mol. The van der Waals surface area contributed by atoms with Crippen molar-refractivity contribution in [3.63, 3.8) is 0 Å². The van der Waals surface area contributed by atoms with Gasteiger partial charge in [0.05, 0.1) is 12.2 Å². The average molecular weight is 318 g/mol. The fourth-order valence-corrected chi connectivity index (χ4v) is 2.16. The summed E-state index contributed by atoms with van der Waals surface area (Å²) in [6.45, 7) is 4.63. The molecule has 0 aromatic heterocycles. The van der Waals surface area contributed by atoms with Gasteiger partial charge in [-0.05, 0) is 43.2 Å². The summed E-state index contributed by atoms with van der Waals surface area (Å²) < 4.78 is 5.69. The molecule has 4 heteroatoms. The van der Waals surface area contributed by atoms with Crippen molar-refractivity contribution in [2.24, 2.45) is 0 Å². The number of nitrogens with one attached hydrogen (secondary N) is 1. The lowest BCUT2D eigenvalue weighted by molar-refractivity contribution is 0.102. The van der Waals surface area contributed by atoms with Crippen molar-refractivity contribution in [1.29, 1.82) is 0 Å². The number of hydrogen-bond donors (Lipinski definition) is 1. The normalized spacial score (nSPS) is 10.3. The Hall–Kier alpha value is -2.00. The number of carbonyl (C=O) groups is 1. The molecule has 0 heterocycles. The topological polar surface area (TPSA) is 38.3 Å². The van der Waals surface area contributed by atoms with E-state index in [9.17, 15) is 4.79 Å². The van der Waals surface area contributed by atoms with Gasteiger partial charge in [0, 0.05) is 10.7 Å². The highest BCUT2D eigenvalue weighted by molar-refractivity contribution is 6.31. The Bertz CT molecular complexity index is 655. The summed E-state index contributed by atoms with van der Waals surface area (Å²) in [6, 6.07) is 12.7. The lowest BCUT2D eigenvalue weighted by atomic mass is 10.1. The fourth-order valence-electron chi connectivity index (χ4n) is 1.98. The molecule has 0 saturated carbocycles. The zero-order valence-electron chi connectivity index (χ0n) is 12.9. The molecular weight excluding hydrogens is 298 g/mol. The lowest BCUT2D eigenvalue weighted by Gasteiger charge is -2.12. The van der Waals surface area contributed by atoms with Crippen molar-refractivity contribution in [3.8, 4) is 5.75 Å². The number of ether oxygens (including phenoxy) is 1. The van der Waals surface area contributed by atoms with Crippen LogP contribution >= 0.6 is 11.6 Å². The van der Waals surface area contributed by atoms with E-state index in [0.717, 1.165) is 18.4 Å².